The highest BCUT2D eigenvalue weighted by Crippen LogP contribution is 2.19. The second kappa shape index (κ2) is 7.12. The number of ether oxygens (including phenoxy) is 2. The maximum atomic E-state index is 12.8. The van der Waals surface area contributed by atoms with Crippen molar-refractivity contribution in [2.45, 2.75) is 26.1 Å². The number of nitrogens with zero attached hydrogens (tertiary/aromatic N) is 4. The fourth-order valence-electron chi connectivity index (χ4n) is 2.90. The molecule has 1 amide bonds. The molecule has 138 valence electrons. The summed E-state index contributed by atoms with van der Waals surface area (Å²) in [6, 6.07) is 7.20. The Morgan fingerprint density at radius 1 is 1.27 bits per heavy atom. The zero-order valence-electron chi connectivity index (χ0n) is 14.7. The molecule has 2 atom stereocenters. The quantitative estimate of drug-likeness (QED) is 0.863. The number of benzene rings is 1. The lowest BCUT2D eigenvalue weighted by Crippen LogP contribution is -2.52. The van der Waals surface area contributed by atoms with Gasteiger partial charge in [0, 0.05) is 6.54 Å². The number of rotatable bonds is 4. The van der Waals surface area contributed by atoms with Crippen molar-refractivity contribution in [2.75, 3.05) is 20.2 Å². The second-order valence-electron chi connectivity index (χ2n) is 6.12. The fourth-order valence-corrected chi connectivity index (χ4v) is 2.90. The molecule has 0 saturated carbocycles. The Bertz CT molecular complexity index is 817. The highest BCUT2D eigenvalue weighted by Gasteiger charge is 2.34. The number of morpholine rings is 1. The SMILES string of the molecule is COc1ccc(-n2nnc(C(=O)N3CC(C(=O)O)O[C@H](C)C3)c2C)cc1. The van der Waals surface area contributed by atoms with E-state index in [2.05, 4.69) is 10.3 Å². The largest absolute Gasteiger partial charge is 0.497 e. The van der Waals surface area contributed by atoms with Gasteiger partial charge in [-0.15, -0.1) is 5.10 Å². The average Bonchev–Trinajstić information content (AvgIpc) is 3.02. The van der Waals surface area contributed by atoms with Gasteiger partial charge in [0.05, 0.1) is 31.1 Å². The Hall–Kier alpha value is -2.94. The Morgan fingerprint density at radius 3 is 2.58 bits per heavy atom. The molecule has 1 saturated heterocycles. The van der Waals surface area contributed by atoms with Crippen LogP contribution >= 0.6 is 0 Å². The first-order chi connectivity index (χ1) is 12.4. The van der Waals surface area contributed by atoms with Gasteiger partial charge < -0.3 is 19.5 Å². The Morgan fingerprint density at radius 2 is 1.96 bits per heavy atom. The third kappa shape index (κ3) is 3.38. The van der Waals surface area contributed by atoms with Gasteiger partial charge in [0.1, 0.15) is 5.75 Å². The van der Waals surface area contributed by atoms with Gasteiger partial charge in [-0.2, -0.15) is 0 Å². The first-order valence-electron chi connectivity index (χ1n) is 8.15. The summed E-state index contributed by atoms with van der Waals surface area (Å²) in [6.45, 7) is 3.76. The lowest BCUT2D eigenvalue weighted by atomic mass is 10.2. The molecule has 0 bridgehead atoms. The van der Waals surface area contributed by atoms with E-state index in [0.29, 0.717) is 18.0 Å². The molecule has 1 aliphatic rings. The number of aliphatic carboxylic acids is 1. The van der Waals surface area contributed by atoms with Crippen molar-refractivity contribution in [1.82, 2.24) is 19.9 Å². The summed E-state index contributed by atoms with van der Waals surface area (Å²) in [5.41, 5.74) is 1.51. The van der Waals surface area contributed by atoms with Crippen LogP contribution in [0.4, 0.5) is 0 Å². The predicted octanol–water partition coefficient (Wildman–Crippen LogP) is 0.898. The molecule has 2 aromatic rings. The normalized spacial score (nSPS) is 20.0. The first kappa shape index (κ1) is 17.9. The van der Waals surface area contributed by atoms with Gasteiger partial charge in [-0.25, -0.2) is 9.48 Å². The van der Waals surface area contributed by atoms with Crippen LogP contribution in [0, 0.1) is 6.92 Å². The first-order valence-corrected chi connectivity index (χ1v) is 8.15. The van der Waals surface area contributed by atoms with E-state index in [-0.39, 0.29) is 24.2 Å². The molecule has 1 aliphatic heterocycles. The monoisotopic (exact) mass is 360 g/mol. The number of amides is 1. The van der Waals surface area contributed by atoms with E-state index in [9.17, 15) is 14.7 Å². The second-order valence-corrected chi connectivity index (χ2v) is 6.12. The molecule has 2 heterocycles. The molecule has 1 aromatic carbocycles. The Labute approximate surface area is 150 Å². The van der Waals surface area contributed by atoms with Gasteiger partial charge in [0.15, 0.2) is 11.8 Å². The van der Waals surface area contributed by atoms with Crippen LogP contribution in [0.3, 0.4) is 0 Å². The van der Waals surface area contributed by atoms with Gasteiger partial charge in [-0.1, -0.05) is 5.21 Å². The topological polar surface area (TPSA) is 107 Å². The zero-order valence-corrected chi connectivity index (χ0v) is 14.7. The molecule has 0 aliphatic carbocycles. The number of carboxylic acids is 1. The van der Waals surface area contributed by atoms with Crippen LogP contribution in [0.1, 0.15) is 23.1 Å². The van der Waals surface area contributed by atoms with Crippen LogP contribution in [0.25, 0.3) is 5.69 Å². The van der Waals surface area contributed by atoms with Crippen molar-refractivity contribution in [3.05, 3.63) is 35.7 Å². The van der Waals surface area contributed by atoms with Crippen molar-refractivity contribution < 1.29 is 24.2 Å². The van der Waals surface area contributed by atoms with Crippen molar-refractivity contribution in [1.29, 1.82) is 0 Å². The van der Waals surface area contributed by atoms with Gasteiger partial charge in [0.2, 0.25) is 0 Å². The molecule has 3 rings (SSSR count). The zero-order chi connectivity index (χ0) is 18.8. The number of hydrogen-bond donors (Lipinski definition) is 1. The third-order valence-electron chi connectivity index (χ3n) is 4.24. The Balaban J connectivity index is 1.84. The molecule has 1 N–H and O–H groups in total. The van der Waals surface area contributed by atoms with E-state index in [1.54, 1.807) is 37.8 Å². The van der Waals surface area contributed by atoms with Gasteiger partial charge >= 0.3 is 5.97 Å². The van der Waals surface area contributed by atoms with E-state index >= 15 is 0 Å². The molecule has 1 fully saturated rings. The van der Waals surface area contributed by atoms with Gasteiger partial charge in [-0.05, 0) is 38.1 Å². The van der Waals surface area contributed by atoms with Crippen molar-refractivity contribution in [3.8, 4) is 11.4 Å². The molecule has 26 heavy (non-hydrogen) atoms. The van der Waals surface area contributed by atoms with E-state index < -0.39 is 12.1 Å². The van der Waals surface area contributed by atoms with Crippen molar-refractivity contribution in [2.24, 2.45) is 0 Å². The number of methoxy groups -OCH3 is 1. The van der Waals surface area contributed by atoms with E-state index in [4.69, 9.17) is 9.47 Å². The maximum Gasteiger partial charge on any atom is 0.334 e. The van der Waals surface area contributed by atoms with Gasteiger partial charge in [0.25, 0.3) is 5.91 Å². The molecular weight excluding hydrogens is 340 g/mol. The fraction of sp³-hybridized carbons (Fsp3) is 0.412. The maximum absolute atomic E-state index is 12.8. The molecule has 1 aromatic heterocycles. The van der Waals surface area contributed by atoms with Crippen molar-refractivity contribution in [3.63, 3.8) is 0 Å². The van der Waals surface area contributed by atoms with E-state index in [0.717, 1.165) is 5.69 Å². The lowest BCUT2D eigenvalue weighted by Gasteiger charge is -2.34. The highest BCUT2D eigenvalue weighted by molar-refractivity contribution is 5.93. The third-order valence-corrected chi connectivity index (χ3v) is 4.24. The number of carbonyl (C=O) groups excluding carboxylic acids is 1. The highest BCUT2D eigenvalue weighted by atomic mass is 16.5. The molecule has 1 unspecified atom stereocenters. The van der Waals surface area contributed by atoms with E-state index in [1.165, 1.54) is 4.90 Å². The Kier molecular flexibility index (Phi) is 4.90. The molecule has 9 heteroatoms. The predicted molar refractivity (Wildman–Crippen MR) is 90.5 cm³/mol. The summed E-state index contributed by atoms with van der Waals surface area (Å²) in [7, 11) is 1.58. The summed E-state index contributed by atoms with van der Waals surface area (Å²) >= 11 is 0. The van der Waals surface area contributed by atoms with Crippen LogP contribution in [0.2, 0.25) is 0 Å². The number of carbonyl (C=O) groups is 2. The van der Waals surface area contributed by atoms with Crippen molar-refractivity contribution >= 4 is 11.9 Å². The summed E-state index contributed by atoms with van der Waals surface area (Å²) in [5, 5.41) is 17.2. The minimum absolute atomic E-state index is 0.0205. The molecule has 0 spiro atoms. The summed E-state index contributed by atoms with van der Waals surface area (Å²) in [4.78, 5) is 25.5. The van der Waals surface area contributed by atoms with E-state index in [1.807, 2.05) is 12.1 Å². The summed E-state index contributed by atoms with van der Waals surface area (Å²) < 4.78 is 12.0. The molecular formula is C17H20N4O5. The van der Waals surface area contributed by atoms with Gasteiger partial charge in [-0.3, -0.25) is 4.79 Å². The molecule has 0 radical (unpaired) electrons. The van der Waals surface area contributed by atoms with Crippen LogP contribution in [0.15, 0.2) is 24.3 Å². The number of aromatic nitrogens is 3. The summed E-state index contributed by atoms with van der Waals surface area (Å²) in [5.74, 6) is -0.735. The number of hydrogen-bond acceptors (Lipinski definition) is 6. The van der Waals surface area contributed by atoms with Crippen LogP contribution in [0.5, 0.6) is 5.75 Å². The van der Waals surface area contributed by atoms with Crippen LogP contribution < -0.4 is 4.74 Å². The van der Waals surface area contributed by atoms with Crippen LogP contribution in [-0.4, -0.2) is 69.3 Å². The van der Waals surface area contributed by atoms with Crippen LogP contribution in [-0.2, 0) is 9.53 Å². The number of carboxylic acid groups (broad SMARTS) is 1. The summed E-state index contributed by atoms with van der Waals surface area (Å²) in [6.07, 6.45) is -1.41. The molecule has 9 nitrogen and oxygen atoms in total. The minimum atomic E-state index is -1.09. The smallest absolute Gasteiger partial charge is 0.334 e. The lowest BCUT2D eigenvalue weighted by molar-refractivity contribution is -0.160. The minimum Gasteiger partial charge on any atom is -0.497 e. The average molecular weight is 360 g/mol. The standard InChI is InChI=1S/C17H20N4O5/c1-10-8-20(9-14(26-10)17(23)24)16(22)15-11(2)21(19-18-15)12-4-6-13(25-3)7-5-12/h4-7,10,14H,8-9H2,1-3H3,(H,23,24)/t10-,14?/m1/s1.